The molecule has 2 aromatic heterocycles. The normalized spacial score (nSPS) is 17.8. The summed E-state index contributed by atoms with van der Waals surface area (Å²) in [4.78, 5) is 30.5. The number of carbonyl (C=O) groups is 1. The lowest BCUT2D eigenvalue weighted by molar-refractivity contribution is 0.0510. The Labute approximate surface area is 138 Å². The van der Waals surface area contributed by atoms with Crippen LogP contribution in [0.15, 0.2) is 24.8 Å². The molecule has 2 aromatic rings. The van der Waals surface area contributed by atoms with E-state index in [1.807, 2.05) is 6.92 Å². The van der Waals surface area contributed by atoms with Crippen LogP contribution in [0.5, 0.6) is 6.01 Å². The van der Waals surface area contributed by atoms with Crippen LogP contribution in [0.25, 0.3) is 0 Å². The van der Waals surface area contributed by atoms with Gasteiger partial charge in [-0.15, -0.1) is 0 Å². The fourth-order valence-corrected chi connectivity index (χ4v) is 2.49. The van der Waals surface area contributed by atoms with E-state index < -0.39 is 0 Å². The molecule has 0 bridgehead atoms. The van der Waals surface area contributed by atoms with Crippen molar-refractivity contribution in [2.45, 2.75) is 25.9 Å². The molecule has 3 heterocycles. The van der Waals surface area contributed by atoms with E-state index in [4.69, 9.17) is 16.3 Å². The maximum Gasteiger partial charge on any atom is 0.316 e. The highest BCUT2D eigenvalue weighted by Gasteiger charge is 2.27. The predicted octanol–water partition coefficient (Wildman–Crippen LogP) is 1.91. The highest BCUT2D eigenvalue weighted by Crippen LogP contribution is 2.17. The van der Waals surface area contributed by atoms with Crippen LogP contribution in [0.2, 0.25) is 5.02 Å². The largest absolute Gasteiger partial charge is 0.458 e. The molecule has 1 fully saturated rings. The van der Waals surface area contributed by atoms with Gasteiger partial charge in [-0.2, -0.15) is 0 Å². The number of amides is 1. The molecule has 0 saturated carbocycles. The summed E-state index contributed by atoms with van der Waals surface area (Å²) >= 11 is 5.75. The van der Waals surface area contributed by atoms with Crippen LogP contribution in [0.3, 0.4) is 0 Å². The van der Waals surface area contributed by atoms with Crippen LogP contribution in [0, 0.1) is 6.92 Å². The minimum atomic E-state index is -0.146. The molecule has 0 N–H and O–H groups in total. The van der Waals surface area contributed by atoms with Crippen molar-refractivity contribution in [2.24, 2.45) is 0 Å². The Morgan fingerprint density at radius 1 is 1.22 bits per heavy atom. The number of aryl methyl sites for hydroxylation is 1. The molecule has 8 heteroatoms. The lowest BCUT2D eigenvalue weighted by Gasteiger charge is -2.32. The van der Waals surface area contributed by atoms with Crippen molar-refractivity contribution in [1.29, 1.82) is 0 Å². The first-order valence-corrected chi connectivity index (χ1v) is 7.72. The second kappa shape index (κ2) is 6.87. The van der Waals surface area contributed by atoms with Crippen LogP contribution in [0.4, 0.5) is 0 Å². The van der Waals surface area contributed by atoms with Crippen molar-refractivity contribution >= 4 is 17.5 Å². The fourth-order valence-electron chi connectivity index (χ4n) is 2.39. The Morgan fingerprint density at radius 3 is 2.70 bits per heavy atom. The van der Waals surface area contributed by atoms with Gasteiger partial charge < -0.3 is 9.64 Å². The Bertz CT molecular complexity index is 677. The molecule has 1 amide bonds. The van der Waals surface area contributed by atoms with Crippen LogP contribution in [-0.2, 0) is 0 Å². The summed E-state index contributed by atoms with van der Waals surface area (Å²) in [5, 5.41) is 0.454. The molecule has 0 spiro atoms. The van der Waals surface area contributed by atoms with Crippen molar-refractivity contribution in [1.82, 2.24) is 24.8 Å². The minimum absolute atomic E-state index is 0.136. The van der Waals surface area contributed by atoms with Gasteiger partial charge in [0, 0.05) is 12.7 Å². The Morgan fingerprint density at radius 2 is 2.00 bits per heavy atom. The first kappa shape index (κ1) is 15.6. The summed E-state index contributed by atoms with van der Waals surface area (Å²) < 4.78 is 5.73. The van der Waals surface area contributed by atoms with E-state index >= 15 is 0 Å². The Kier molecular flexibility index (Phi) is 4.66. The number of nitrogens with zero attached hydrogens (tertiary/aromatic N) is 5. The second-order valence-corrected chi connectivity index (χ2v) is 5.80. The van der Waals surface area contributed by atoms with E-state index in [0.29, 0.717) is 23.8 Å². The van der Waals surface area contributed by atoms with Crippen molar-refractivity contribution in [3.05, 3.63) is 41.2 Å². The van der Waals surface area contributed by atoms with Crippen LogP contribution < -0.4 is 4.74 Å². The molecule has 120 valence electrons. The Balaban J connectivity index is 1.64. The second-order valence-electron chi connectivity index (χ2n) is 5.36. The van der Waals surface area contributed by atoms with E-state index in [2.05, 4.69) is 19.9 Å². The average Bonchev–Trinajstić information content (AvgIpc) is 2.57. The van der Waals surface area contributed by atoms with Gasteiger partial charge in [0.1, 0.15) is 11.8 Å². The standard InChI is InChI=1S/C15H16ClN5O2/c1-10-5-18-13(8-17-10)14(22)21-4-2-3-12(9-21)23-15-19-6-11(16)7-20-15/h5-8,12H,2-4,9H2,1H3. The SMILES string of the molecule is Cc1cnc(C(=O)N2CCCC(Oc3ncc(Cl)cn3)C2)cn1. The molecule has 1 aliphatic heterocycles. The summed E-state index contributed by atoms with van der Waals surface area (Å²) in [6.45, 7) is 2.98. The molecule has 1 unspecified atom stereocenters. The lowest BCUT2D eigenvalue weighted by atomic mass is 10.1. The summed E-state index contributed by atoms with van der Waals surface area (Å²) in [5.41, 5.74) is 1.13. The molecule has 23 heavy (non-hydrogen) atoms. The van der Waals surface area contributed by atoms with E-state index in [1.54, 1.807) is 11.1 Å². The van der Waals surface area contributed by atoms with Crippen LogP contribution in [-0.4, -0.2) is 49.9 Å². The van der Waals surface area contributed by atoms with E-state index in [0.717, 1.165) is 18.5 Å². The maximum atomic E-state index is 12.5. The molecule has 1 saturated heterocycles. The molecule has 3 rings (SSSR count). The van der Waals surface area contributed by atoms with Crippen molar-refractivity contribution in [3.8, 4) is 6.01 Å². The quantitative estimate of drug-likeness (QED) is 0.853. The molecule has 0 radical (unpaired) electrons. The Hall–Kier alpha value is -2.28. The number of ether oxygens (including phenoxy) is 1. The molecule has 1 atom stereocenters. The number of rotatable bonds is 3. The van der Waals surface area contributed by atoms with Gasteiger partial charge in [0.25, 0.3) is 5.91 Å². The van der Waals surface area contributed by atoms with Gasteiger partial charge in [0.15, 0.2) is 0 Å². The summed E-state index contributed by atoms with van der Waals surface area (Å²) in [5.74, 6) is -0.136. The zero-order chi connectivity index (χ0) is 16.2. The molecule has 7 nitrogen and oxygen atoms in total. The highest BCUT2D eigenvalue weighted by molar-refractivity contribution is 6.30. The third kappa shape index (κ3) is 3.92. The fraction of sp³-hybridized carbons (Fsp3) is 0.400. The third-order valence-corrected chi connectivity index (χ3v) is 3.73. The minimum Gasteiger partial charge on any atom is -0.458 e. The van der Waals surface area contributed by atoms with Gasteiger partial charge in [-0.3, -0.25) is 9.78 Å². The lowest BCUT2D eigenvalue weighted by Crippen LogP contribution is -2.44. The van der Waals surface area contributed by atoms with E-state index in [9.17, 15) is 4.79 Å². The van der Waals surface area contributed by atoms with Crippen LogP contribution in [0.1, 0.15) is 29.0 Å². The summed E-state index contributed by atoms with van der Waals surface area (Å²) in [7, 11) is 0. The van der Waals surface area contributed by atoms with Crippen LogP contribution >= 0.6 is 11.6 Å². The van der Waals surface area contributed by atoms with Crippen molar-refractivity contribution in [2.75, 3.05) is 13.1 Å². The molecule has 0 aromatic carbocycles. The summed E-state index contributed by atoms with van der Waals surface area (Å²) in [6, 6.07) is 0.267. The number of likely N-dealkylation sites (tertiary alicyclic amines) is 1. The molecule has 0 aliphatic carbocycles. The summed E-state index contributed by atoms with van der Waals surface area (Å²) in [6.07, 6.45) is 7.61. The smallest absolute Gasteiger partial charge is 0.316 e. The average molecular weight is 334 g/mol. The first-order chi connectivity index (χ1) is 11.1. The number of aromatic nitrogens is 4. The molecular formula is C15H16ClN5O2. The van der Waals surface area contributed by atoms with Gasteiger partial charge in [-0.05, 0) is 19.8 Å². The number of hydrogen-bond donors (Lipinski definition) is 0. The molecule has 1 aliphatic rings. The van der Waals surface area contributed by atoms with Gasteiger partial charge in [-0.25, -0.2) is 15.0 Å². The number of piperidine rings is 1. The maximum absolute atomic E-state index is 12.5. The monoisotopic (exact) mass is 333 g/mol. The van der Waals surface area contributed by atoms with Crippen molar-refractivity contribution < 1.29 is 9.53 Å². The zero-order valence-corrected chi connectivity index (χ0v) is 13.4. The van der Waals surface area contributed by atoms with Gasteiger partial charge in [-0.1, -0.05) is 11.6 Å². The first-order valence-electron chi connectivity index (χ1n) is 7.34. The number of carbonyl (C=O) groups excluding carboxylic acids is 1. The predicted molar refractivity (Wildman–Crippen MR) is 83.4 cm³/mol. The topological polar surface area (TPSA) is 81.1 Å². The van der Waals surface area contributed by atoms with E-state index in [-0.39, 0.29) is 18.0 Å². The third-order valence-electron chi connectivity index (χ3n) is 3.53. The molecular weight excluding hydrogens is 318 g/mol. The highest BCUT2D eigenvalue weighted by atomic mass is 35.5. The van der Waals surface area contributed by atoms with Gasteiger partial charge in [0.05, 0.1) is 35.9 Å². The van der Waals surface area contributed by atoms with Gasteiger partial charge in [0.2, 0.25) is 0 Å². The van der Waals surface area contributed by atoms with E-state index in [1.165, 1.54) is 18.6 Å². The number of halogens is 1. The van der Waals surface area contributed by atoms with Crippen molar-refractivity contribution in [3.63, 3.8) is 0 Å². The van der Waals surface area contributed by atoms with Gasteiger partial charge >= 0.3 is 6.01 Å². The number of hydrogen-bond acceptors (Lipinski definition) is 6. The zero-order valence-electron chi connectivity index (χ0n) is 12.6.